The molecule has 8 heteroatoms. The van der Waals surface area contributed by atoms with Gasteiger partial charge in [0.05, 0.1) is 18.8 Å². The molecule has 0 aliphatic carbocycles. The summed E-state index contributed by atoms with van der Waals surface area (Å²) in [6, 6.07) is 10.6. The predicted octanol–water partition coefficient (Wildman–Crippen LogP) is 2.32. The van der Waals surface area contributed by atoms with Crippen molar-refractivity contribution in [2.45, 2.75) is 6.54 Å². The number of nitrogens with zero attached hydrogens (tertiary/aromatic N) is 3. The highest BCUT2D eigenvalue weighted by atomic mass is 16.5. The molecule has 1 fully saturated rings. The quantitative estimate of drug-likeness (QED) is 0.666. The van der Waals surface area contributed by atoms with Crippen LogP contribution in [0.1, 0.15) is 20.8 Å². The number of amides is 1. The molecule has 3 heterocycles. The highest BCUT2D eigenvalue weighted by Gasteiger charge is 2.12. The van der Waals surface area contributed by atoms with Gasteiger partial charge in [0.15, 0.2) is 0 Å². The molecule has 150 valence electrons. The number of aromatic nitrogens is 2. The van der Waals surface area contributed by atoms with E-state index in [1.165, 1.54) is 18.3 Å². The lowest BCUT2D eigenvalue weighted by molar-refractivity contribution is 0.0365. The van der Waals surface area contributed by atoms with Gasteiger partial charge in [0.1, 0.15) is 5.69 Å². The number of pyridine rings is 1. The number of morpholine rings is 1. The molecule has 0 radical (unpaired) electrons. The number of carbonyl (C=O) groups is 2. The van der Waals surface area contributed by atoms with Crippen molar-refractivity contribution in [2.24, 2.45) is 0 Å². The first-order valence-corrected chi connectivity index (χ1v) is 9.50. The Labute approximate surface area is 167 Å². The van der Waals surface area contributed by atoms with E-state index in [9.17, 15) is 9.59 Å². The average molecular weight is 394 g/mol. The van der Waals surface area contributed by atoms with E-state index in [0.29, 0.717) is 11.3 Å². The van der Waals surface area contributed by atoms with Gasteiger partial charge < -0.3 is 19.7 Å². The number of hydrogen-bond donors (Lipinski definition) is 2. The highest BCUT2D eigenvalue weighted by Crippen LogP contribution is 2.21. The van der Waals surface area contributed by atoms with Crippen molar-refractivity contribution < 1.29 is 19.4 Å². The number of nitrogens with one attached hydrogen (secondary N) is 1. The van der Waals surface area contributed by atoms with Crippen molar-refractivity contribution in [3.63, 3.8) is 0 Å². The monoisotopic (exact) mass is 394 g/mol. The molecule has 0 spiro atoms. The summed E-state index contributed by atoms with van der Waals surface area (Å²) in [4.78, 5) is 29.4. The van der Waals surface area contributed by atoms with Crippen molar-refractivity contribution in [3.8, 4) is 0 Å². The van der Waals surface area contributed by atoms with E-state index in [2.05, 4.69) is 26.0 Å². The number of hydrogen-bond acceptors (Lipinski definition) is 5. The Balaban J connectivity index is 1.42. The smallest absolute Gasteiger partial charge is 0.354 e. The third-order valence-corrected chi connectivity index (χ3v) is 5.03. The van der Waals surface area contributed by atoms with Crippen LogP contribution in [0.3, 0.4) is 0 Å². The van der Waals surface area contributed by atoms with Gasteiger partial charge in [-0.25, -0.2) is 9.78 Å². The Hall–Kier alpha value is -3.23. The SMILES string of the molecule is O=C(Nc1ccc2c(ccn2CCN2CCOCC2)c1)c1ccc(C(=O)O)nc1. The molecule has 0 unspecified atom stereocenters. The molecule has 0 saturated carbocycles. The van der Waals surface area contributed by atoms with E-state index in [0.717, 1.165) is 50.3 Å². The molecule has 3 aromatic rings. The number of aromatic carboxylic acids is 1. The maximum Gasteiger partial charge on any atom is 0.354 e. The van der Waals surface area contributed by atoms with Gasteiger partial charge in [-0.1, -0.05) is 0 Å². The average Bonchev–Trinajstić information content (AvgIpc) is 3.15. The fourth-order valence-corrected chi connectivity index (χ4v) is 3.40. The number of carboxylic acids is 1. The van der Waals surface area contributed by atoms with Crippen LogP contribution in [0.2, 0.25) is 0 Å². The Kier molecular flexibility index (Phi) is 5.55. The topological polar surface area (TPSA) is 96.7 Å². The minimum absolute atomic E-state index is 0.0959. The lowest BCUT2D eigenvalue weighted by Crippen LogP contribution is -2.38. The number of carbonyl (C=O) groups excluding carboxylic acids is 1. The van der Waals surface area contributed by atoms with Crippen molar-refractivity contribution in [1.82, 2.24) is 14.5 Å². The van der Waals surface area contributed by atoms with Crippen LogP contribution in [-0.2, 0) is 11.3 Å². The molecule has 1 aliphatic heterocycles. The maximum atomic E-state index is 12.4. The molecule has 29 heavy (non-hydrogen) atoms. The summed E-state index contributed by atoms with van der Waals surface area (Å²) in [5.41, 5.74) is 2.00. The van der Waals surface area contributed by atoms with Gasteiger partial charge in [-0.2, -0.15) is 0 Å². The molecule has 4 rings (SSSR count). The molecule has 1 aliphatic rings. The fraction of sp³-hybridized carbons (Fsp3) is 0.286. The lowest BCUT2D eigenvalue weighted by atomic mass is 10.2. The highest BCUT2D eigenvalue weighted by molar-refractivity contribution is 6.05. The molecule has 1 saturated heterocycles. The zero-order valence-electron chi connectivity index (χ0n) is 15.9. The number of carboxylic acid groups (broad SMARTS) is 1. The van der Waals surface area contributed by atoms with E-state index in [4.69, 9.17) is 9.84 Å². The van der Waals surface area contributed by atoms with E-state index in [1.54, 1.807) is 0 Å². The second kappa shape index (κ2) is 8.42. The zero-order valence-corrected chi connectivity index (χ0v) is 15.9. The van der Waals surface area contributed by atoms with Gasteiger partial charge in [0.25, 0.3) is 5.91 Å². The van der Waals surface area contributed by atoms with Gasteiger partial charge >= 0.3 is 5.97 Å². The van der Waals surface area contributed by atoms with Crippen LogP contribution in [0.5, 0.6) is 0 Å². The molecule has 0 bridgehead atoms. The standard InChI is InChI=1S/C21H22N4O4/c26-20(16-1-3-18(21(27)28)22-14-16)23-17-2-4-19-15(13-17)5-6-25(19)8-7-24-9-11-29-12-10-24/h1-6,13-14H,7-12H2,(H,23,26)(H,27,28). The summed E-state index contributed by atoms with van der Waals surface area (Å²) in [6.45, 7) is 5.41. The number of ether oxygens (including phenoxy) is 1. The lowest BCUT2D eigenvalue weighted by Gasteiger charge is -2.26. The van der Waals surface area contributed by atoms with Gasteiger partial charge in [-0.3, -0.25) is 9.69 Å². The van der Waals surface area contributed by atoms with Crippen LogP contribution in [0.25, 0.3) is 10.9 Å². The van der Waals surface area contributed by atoms with Gasteiger partial charge in [-0.15, -0.1) is 0 Å². The summed E-state index contributed by atoms with van der Waals surface area (Å²) in [6.07, 6.45) is 3.32. The molecule has 1 amide bonds. The van der Waals surface area contributed by atoms with Crippen LogP contribution >= 0.6 is 0 Å². The second-order valence-corrected chi connectivity index (χ2v) is 6.93. The molecule has 0 atom stereocenters. The van der Waals surface area contributed by atoms with E-state index < -0.39 is 5.97 Å². The van der Waals surface area contributed by atoms with E-state index >= 15 is 0 Å². The fourth-order valence-electron chi connectivity index (χ4n) is 3.40. The number of anilines is 1. The summed E-state index contributed by atoms with van der Waals surface area (Å²) in [7, 11) is 0. The molecule has 2 aromatic heterocycles. The van der Waals surface area contributed by atoms with Crippen LogP contribution in [0.4, 0.5) is 5.69 Å². The van der Waals surface area contributed by atoms with Gasteiger partial charge in [-0.05, 0) is 36.4 Å². The minimum Gasteiger partial charge on any atom is -0.477 e. The van der Waals surface area contributed by atoms with E-state index in [1.807, 2.05) is 24.3 Å². The number of benzene rings is 1. The molecule has 8 nitrogen and oxygen atoms in total. The molecule has 1 aromatic carbocycles. The van der Waals surface area contributed by atoms with Gasteiger partial charge in [0, 0.05) is 55.2 Å². The summed E-state index contributed by atoms with van der Waals surface area (Å²) < 4.78 is 7.60. The Bertz CT molecular complexity index is 1020. The zero-order chi connectivity index (χ0) is 20.2. The Morgan fingerprint density at radius 2 is 1.93 bits per heavy atom. The number of fused-ring (bicyclic) bond motifs is 1. The largest absolute Gasteiger partial charge is 0.477 e. The minimum atomic E-state index is -1.12. The Morgan fingerprint density at radius 3 is 2.66 bits per heavy atom. The summed E-state index contributed by atoms with van der Waals surface area (Å²) in [5.74, 6) is -1.46. The van der Waals surface area contributed by atoms with Crippen LogP contribution in [-0.4, -0.2) is 64.3 Å². The first-order valence-electron chi connectivity index (χ1n) is 9.50. The van der Waals surface area contributed by atoms with Crippen molar-refractivity contribution in [2.75, 3.05) is 38.2 Å². The second-order valence-electron chi connectivity index (χ2n) is 6.93. The van der Waals surface area contributed by atoms with E-state index in [-0.39, 0.29) is 11.6 Å². The first-order chi connectivity index (χ1) is 14.1. The van der Waals surface area contributed by atoms with Crippen LogP contribution < -0.4 is 5.32 Å². The summed E-state index contributed by atoms with van der Waals surface area (Å²) >= 11 is 0. The maximum absolute atomic E-state index is 12.4. The van der Waals surface area contributed by atoms with Crippen molar-refractivity contribution >= 4 is 28.5 Å². The summed E-state index contributed by atoms with van der Waals surface area (Å²) in [5, 5.41) is 12.8. The third kappa shape index (κ3) is 4.44. The molecule has 2 N–H and O–H groups in total. The molecular weight excluding hydrogens is 372 g/mol. The van der Waals surface area contributed by atoms with Crippen molar-refractivity contribution in [3.05, 3.63) is 60.0 Å². The normalized spacial score (nSPS) is 14.8. The molecular formula is C21H22N4O4. The Morgan fingerprint density at radius 1 is 1.10 bits per heavy atom. The predicted molar refractivity (Wildman–Crippen MR) is 108 cm³/mol. The van der Waals surface area contributed by atoms with Crippen LogP contribution in [0, 0.1) is 0 Å². The van der Waals surface area contributed by atoms with Crippen LogP contribution in [0.15, 0.2) is 48.8 Å². The first kappa shape index (κ1) is 19.1. The van der Waals surface area contributed by atoms with Crippen molar-refractivity contribution in [1.29, 1.82) is 0 Å². The van der Waals surface area contributed by atoms with Gasteiger partial charge in [0.2, 0.25) is 0 Å². The third-order valence-electron chi connectivity index (χ3n) is 5.03. The number of rotatable bonds is 6.